The summed E-state index contributed by atoms with van der Waals surface area (Å²) in [6.07, 6.45) is 0. The van der Waals surface area contributed by atoms with E-state index < -0.39 is 0 Å². The molecule has 0 heterocycles. The summed E-state index contributed by atoms with van der Waals surface area (Å²) in [5.41, 5.74) is 2.36. The Balaban J connectivity index is 2.69. The van der Waals surface area contributed by atoms with Gasteiger partial charge in [-0.1, -0.05) is 26.0 Å². The van der Waals surface area contributed by atoms with E-state index in [1.165, 1.54) is 5.56 Å². The van der Waals surface area contributed by atoms with Crippen LogP contribution in [0.1, 0.15) is 25.3 Å². The summed E-state index contributed by atoms with van der Waals surface area (Å²) in [7, 11) is 1.80. The molecule has 0 fully saturated rings. The van der Waals surface area contributed by atoms with Crippen molar-refractivity contribution in [3.05, 3.63) is 29.8 Å². The molecule has 0 unspecified atom stereocenters. The van der Waals surface area contributed by atoms with E-state index in [0.29, 0.717) is 11.0 Å². The Hall–Kier alpha value is -1.09. The molecule has 0 aliphatic heterocycles. The van der Waals surface area contributed by atoms with E-state index in [4.69, 9.17) is 12.2 Å². The summed E-state index contributed by atoms with van der Waals surface area (Å²) >= 11 is 5.00. The van der Waals surface area contributed by atoms with Crippen molar-refractivity contribution in [3.63, 3.8) is 0 Å². The molecule has 0 spiro atoms. The molecule has 14 heavy (non-hydrogen) atoms. The average Bonchev–Trinajstić information content (AvgIpc) is 2.18. The number of hydrogen-bond donors (Lipinski definition) is 2. The maximum absolute atomic E-state index is 5.00. The molecule has 76 valence electrons. The van der Waals surface area contributed by atoms with E-state index in [0.717, 1.165) is 5.69 Å². The molecule has 0 aliphatic rings. The van der Waals surface area contributed by atoms with Gasteiger partial charge in [-0.25, -0.2) is 0 Å². The zero-order chi connectivity index (χ0) is 10.6. The topological polar surface area (TPSA) is 24.1 Å². The van der Waals surface area contributed by atoms with Gasteiger partial charge in [-0.3, -0.25) is 0 Å². The third-order valence-electron chi connectivity index (χ3n) is 2.06. The molecule has 0 aliphatic carbocycles. The van der Waals surface area contributed by atoms with Crippen molar-refractivity contribution < 1.29 is 0 Å². The van der Waals surface area contributed by atoms with Crippen LogP contribution in [0.3, 0.4) is 0 Å². The maximum Gasteiger partial charge on any atom is 0.170 e. The lowest BCUT2D eigenvalue weighted by atomic mass is 10.0. The Morgan fingerprint density at radius 1 is 1.21 bits per heavy atom. The Labute approximate surface area is 90.7 Å². The molecule has 0 aromatic heterocycles. The van der Waals surface area contributed by atoms with Crippen LogP contribution in [0.4, 0.5) is 5.69 Å². The highest BCUT2D eigenvalue weighted by Gasteiger charge is 1.99. The summed E-state index contributed by atoms with van der Waals surface area (Å²) in [6, 6.07) is 8.31. The van der Waals surface area contributed by atoms with Gasteiger partial charge in [-0.15, -0.1) is 0 Å². The largest absolute Gasteiger partial charge is 0.366 e. The maximum atomic E-state index is 5.00. The van der Waals surface area contributed by atoms with Gasteiger partial charge >= 0.3 is 0 Å². The quantitative estimate of drug-likeness (QED) is 0.731. The molecule has 1 aromatic rings. The molecule has 3 heteroatoms. The predicted molar refractivity (Wildman–Crippen MR) is 65.8 cm³/mol. The second kappa shape index (κ2) is 4.96. The standard InChI is InChI=1S/C11H16N2S/c1-8(2)9-4-6-10(7-5-9)13-11(14)12-3/h4-8H,1-3H3,(H2,12,13,14). The Kier molecular flexibility index (Phi) is 3.89. The molecule has 2 nitrogen and oxygen atoms in total. The lowest BCUT2D eigenvalue weighted by molar-refractivity contribution is 0.867. The fraction of sp³-hybridized carbons (Fsp3) is 0.364. The second-order valence-corrected chi connectivity index (χ2v) is 3.89. The predicted octanol–water partition coefficient (Wildman–Crippen LogP) is 2.73. The highest BCUT2D eigenvalue weighted by molar-refractivity contribution is 7.80. The fourth-order valence-electron chi connectivity index (χ4n) is 1.14. The molecule has 0 saturated heterocycles. The molecule has 0 amide bonds. The average molecular weight is 208 g/mol. The highest BCUT2D eigenvalue weighted by Crippen LogP contribution is 2.16. The minimum absolute atomic E-state index is 0.570. The van der Waals surface area contributed by atoms with Crippen molar-refractivity contribution >= 4 is 23.0 Å². The number of anilines is 1. The zero-order valence-corrected chi connectivity index (χ0v) is 9.61. The van der Waals surface area contributed by atoms with E-state index in [2.05, 4.69) is 36.6 Å². The van der Waals surface area contributed by atoms with Crippen molar-refractivity contribution in [2.24, 2.45) is 0 Å². The van der Waals surface area contributed by atoms with Crippen LogP contribution in [0.2, 0.25) is 0 Å². The van der Waals surface area contributed by atoms with E-state index in [1.807, 2.05) is 12.1 Å². The summed E-state index contributed by atoms with van der Waals surface area (Å²) < 4.78 is 0. The van der Waals surface area contributed by atoms with Crippen LogP contribution in [0, 0.1) is 0 Å². The van der Waals surface area contributed by atoms with Crippen molar-refractivity contribution in [1.82, 2.24) is 5.32 Å². The van der Waals surface area contributed by atoms with Crippen molar-refractivity contribution in [1.29, 1.82) is 0 Å². The van der Waals surface area contributed by atoms with Gasteiger partial charge in [0.1, 0.15) is 0 Å². The molecule has 0 atom stereocenters. The van der Waals surface area contributed by atoms with E-state index >= 15 is 0 Å². The van der Waals surface area contributed by atoms with Gasteiger partial charge in [0, 0.05) is 12.7 Å². The highest BCUT2D eigenvalue weighted by atomic mass is 32.1. The molecular weight excluding hydrogens is 192 g/mol. The summed E-state index contributed by atoms with van der Waals surface area (Å²) in [6.45, 7) is 4.36. The van der Waals surface area contributed by atoms with Crippen molar-refractivity contribution in [2.75, 3.05) is 12.4 Å². The molecule has 1 aromatic carbocycles. The smallest absolute Gasteiger partial charge is 0.170 e. The van der Waals surface area contributed by atoms with Crippen LogP contribution in [0.15, 0.2) is 24.3 Å². The fourth-order valence-corrected chi connectivity index (χ4v) is 1.26. The van der Waals surface area contributed by atoms with E-state index in [-0.39, 0.29) is 0 Å². The summed E-state index contributed by atoms with van der Waals surface area (Å²) in [4.78, 5) is 0. The Morgan fingerprint density at radius 2 is 1.79 bits per heavy atom. The van der Waals surface area contributed by atoms with Crippen LogP contribution < -0.4 is 10.6 Å². The van der Waals surface area contributed by atoms with Gasteiger partial charge in [-0.05, 0) is 35.8 Å². The van der Waals surface area contributed by atoms with E-state index in [9.17, 15) is 0 Å². The van der Waals surface area contributed by atoms with Crippen LogP contribution in [-0.4, -0.2) is 12.2 Å². The summed E-state index contributed by atoms with van der Waals surface area (Å²) in [5, 5.41) is 6.59. The zero-order valence-electron chi connectivity index (χ0n) is 8.79. The minimum Gasteiger partial charge on any atom is -0.366 e. The number of hydrogen-bond acceptors (Lipinski definition) is 1. The first kappa shape index (κ1) is 11.0. The Bertz CT molecular complexity index is 304. The molecule has 0 bridgehead atoms. The van der Waals surface area contributed by atoms with Crippen LogP contribution in [-0.2, 0) is 0 Å². The molecule has 0 saturated carbocycles. The van der Waals surface area contributed by atoms with Gasteiger partial charge < -0.3 is 10.6 Å². The third kappa shape index (κ3) is 3.00. The van der Waals surface area contributed by atoms with Gasteiger partial charge in [0.2, 0.25) is 0 Å². The number of thiocarbonyl (C=S) groups is 1. The SMILES string of the molecule is CNC(=S)Nc1ccc(C(C)C)cc1. The number of benzene rings is 1. The monoisotopic (exact) mass is 208 g/mol. The van der Waals surface area contributed by atoms with Gasteiger partial charge in [0.05, 0.1) is 0 Å². The molecule has 1 rings (SSSR count). The number of rotatable bonds is 2. The van der Waals surface area contributed by atoms with Gasteiger partial charge in [0.15, 0.2) is 5.11 Å². The van der Waals surface area contributed by atoms with Crippen molar-refractivity contribution in [2.45, 2.75) is 19.8 Å². The molecule has 2 N–H and O–H groups in total. The molecular formula is C11H16N2S. The normalized spacial score (nSPS) is 10.0. The molecule has 0 radical (unpaired) electrons. The van der Waals surface area contributed by atoms with Crippen molar-refractivity contribution in [3.8, 4) is 0 Å². The van der Waals surface area contributed by atoms with Gasteiger partial charge in [-0.2, -0.15) is 0 Å². The van der Waals surface area contributed by atoms with E-state index in [1.54, 1.807) is 7.05 Å². The Morgan fingerprint density at radius 3 is 2.21 bits per heavy atom. The van der Waals surface area contributed by atoms with Crippen LogP contribution in [0.25, 0.3) is 0 Å². The first-order valence-electron chi connectivity index (χ1n) is 4.72. The van der Waals surface area contributed by atoms with Gasteiger partial charge in [0.25, 0.3) is 0 Å². The number of nitrogens with one attached hydrogen (secondary N) is 2. The first-order valence-corrected chi connectivity index (χ1v) is 5.13. The first-order chi connectivity index (χ1) is 6.63. The van der Waals surface area contributed by atoms with Crippen LogP contribution >= 0.6 is 12.2 Å². The van der Waals surface area contributed by atoms with Crippen LogP contribution in [0.5, 0.6) is 0 Å². The second-order valence-electron chi connectivity index (χ2n) is 3.48. The minimum atomic E-state index is 0.570. The summed E-state index contributed by atoms with van der Waals surface area (Å²) in [5.74, 6) is 0.570. The third-order valence-corrected chi connectivity index (χ3v) is 2.37. The lowest BCUT2D eigenvalue weighted by Crippen LogP contribution is -2.23. The lowest BCUT2D eigenvalue weighted by Gasteiger charge is -2.09.